The number of ether oxygens (including phenoxy) is 1. The van der Waals surface area contributed by atoms with Crippen molar-refractivity contribution >= 4 is 17.2 Å². The number of hydrogen-bond donors (Lipinski definition) is 1. The first-order valence-corrected chi connectivity index (χ1v) is 9.61. The van der Waals surface area contributed by atoms with Crippen LogP contribution in [0.3, 0.4) is 0 Å². The van der Waals surface area contributed by atoms with Crippen molar-refractivity contribution in [3.8, 4) is 21.8 Å². The van der Waals surface area contributed by atoms with Crippen LogP contribution in [0.15, 0.2) is 48.1 Å². The number of thiophene rings is 1. The molecule has 6 nitrogen and oxygen atoms in total. The molecule has 7 heteroatoms. The van der Waals surface area contributed by atoms with Gasteiger partial charge < -0.3 is 10.1 Å². The van der Waals surface area contributed by atoms with E-state index in [0.717, 1.165) is 34.7 Å². The van der Waals surface area contributed by atoms with Crippen molar-refractivity contribution in [2.45, 2.75) is 25.5 Å². The molecule has 1 N–H and O–H groups in total. The third kappa shape index (κ3) is 3.54. The molecule has 0 aromatic carbocycles. The molecule has 0 aliphatic carbocycles. The lowest BCUT2D eigenvalue weighted by Gasteiger charge is -2.12. The molecule has 0 bridgehead atoms. The minimum absolute atomic E-state index is 0.0303. The highest BCUT2D eigenvalue weighted by Gasteiger charge is 2.23. The van der Waals surface area contributed by atoms with Crippen molar-refractivity contribution in [1.29, 1.82) is 0 Å². The Balaban J connectivity index is 1.52. The Morgan fingerprint density at radius 2 is 2.31 bits per heavy atom. The number of amides is 1. The summed E-state index contributed by atoms with van der Waals surface area (Å²) < 4.78 is 7.36. The first-order valence-electron chi connectivity index (χ1n) is 8.73. The highest BCUT2D eigenvalue weighted by Crippen LogP contribution is 2.33. The second-order valence-corrected chi connectivity index (χ2v) is 7.06. The SMILES string of the molecule is O=C(NCCn1ncc(-c2ccccn2)c1-c1cccs1)[C@H]1CCCO1. The van der Waals surface area contributed by atoms with Gasteiger partial charge in [-0.1, -0.05) is 12.1 Å². The van der Waals surface area contributed by atoms with Crippen molar-refractivity contribution in [3.05, 3.63) is 48.1 Å². The number of carbonyl (C=O) groups is 1. The number of hydrogen-bond acceptors (Lipinski definition) is 5. The highest BCUT2D eigenvalue weighted by molar-refractivity contribution is 7.13. The van der Waals surface area contributed by atoms with E-state index in [0.29, 0.717) is 19.7 Å². The van der Waals surface area contributed by atoms with E-state index in [9.17, 15) is 4.79 Å². The summed E-state index contributed by atoms with van der Waals surface area (Å²) in [6.07, 6.45) is 5.09. The topological polar surface area (TPSA) is 69.0 Å². The van der Waals surface area contributed by atoms with Crippen LogP contribution in [-0.4, -0.2) is 39.9 Å². The minimum Gasteiger partial charge on any atom is -0.368 e. The van der Waals surface area contributed by atoms with Gasteiger partial charge in [0.15, 0.2) is 0 Å². The normalized spacial score (nSPS) is 16.7. The van der Waals surface area contributed by atoms with E-state index in [1.165, 1.54) is 0 Å². The zero-order chi connectivity index (χ0) is 17.8. The molecule has 1 atom stereocenters. The maximum atomic E-state index is 12.1. The summed E-state index contributed by atoms with van der Waals surface area (Å²) in [6, 6.07) is 9.96. The molecular weight excluding hydrogens is 348 g/mol. The smallest absolute Gasteiger partial charge is 0.249 e. The van der Waals surface area contributed by atoms with Crippen LogP contribution in [0.1, 0.15) is 12.8 Å². The van der Waals surface area contributed by atoms with Crippen LogP contribution in [0.25, 0.3) is 21.8 Å². The van der Waals surface area contributed by atoms with Crippen molar-refractivity contribution in [1.82, 2.24) is 20.1 Å². The molecule has 1 fully saturated rings. The molecule has 1 aliphatic heterocycles. The van der Waals surface area contributed by atoms with Gasteiger partial charge in [0.2, 0.25) is 5.91 Å². The molecule has 26 heavy (non-hydrogen) atoms. The Labute approximate surface area is 155 Å². The number of nitrogens with one attached hydrogen (secondary N) is 1. The summed E-state index contributed by atoms with van der Waals surface area (Å²) >= 11 is 1.67. The molecule has 0 saturated carbocycles. The van der Waals surface area contributed by atoms with Gasteiger partial charge in [0, 0.05) is 24.9 Å². The molecule has 4 heterocycles. The van der Waals surface area contributed by atoms with Crippen LogP contribution in [0.5, 0.6) is 0 Å². The maximum absolute atomic E-state index is 12.1. The molecule has 0 radical (unpaired) electrons. The van der Waals surface area contributed by atoms with E-state index < -0.39 is 0 Å². The van der Waals surface area contributed by atoms with E-state index in [2.05, 4.69) is 21.5 Å². The molecule has 1 saturated heterocycles. The van der Waals surface area contributed by atoms with E-state index in [-0.39, 0.29) is 12.0 Å². The lowest BCUT2D eigenvalue weighted by Crippen LogP contribution is -2.36. The van der Waals surface area contributed by atoms with Crippen LogP contribution in [-0.2, 0) is 16.1 Å². The van der Waals surface area contributed by atoms with Crippen molar-refractivity contribution in [3.63, 3.8) is 0 Å². The fraction of sp³-hybridized carbons (Fsp3) is 0.316. The molecule has 1 amide bonds. The van der Waals surface area contributed by atoms with Crippen LogP contribution < -0.4 is 5.32 Å². The van der Waals surface area contributed by atoms with Gasteiger partial charge in [0.05, 0.1) is 29.0 Å². The number of rotatable bonds is 6. The van der Waals surface area contributed by atoms with Gasteiger partial charge in [-0.3, -0.25) is 14.5 Å². The predicted molar refractivity (Wildman–Crippen MR) is 101 cm³/mol. The second kappa shape index (κ2) is 7.80. The minimum atomic E-state index is -0.298. The molecule has 0 spiro atoms. The summed E-state index contributed by atoms with van der Waals surface area (Å²) in [5.41, 5.74) is 2.93. The molecule has 134 valence electrons. The van der Waals surface area contributed by atoms with Crippen LogP contribution in [0, 0.1) is 0 Å². The zero-order valence-electron chi connectivity index (χ0n) is 14.3. The number of carbonyl (C=O) groups excluding carboxylic acids is 1. The molecule has 0 unspecified atom stereocenters. The molecule has 3 aromatic rings. The molecular formula is C19H20N4O2S. The van der Waals surface area contributed by atoms with E-state index in [1.807, 2.05) is 40.5 Å². The molecule has 3 aromatic heterocycles. The molecule has 1 aliphatic rings. The third-order valence-corrected chi connectivity index (χ3v) is 5.26. The van der Waals surface area contributed by atoms with Gasteiger partial charge in [0.25, 0.3) is 0 Å². The summed E-state index contributed by atoms with van der Waals surface area (Å²) in [5, 5.41) is 9.55. The van der Waals surface area contributed by atoms with Crippen molar-refractivity contribution in [2.75, 3.05) is 13.2 Å². The number of nitrogens with zero attached hydrogens (tertiary/aromatic N) is 3. The lowest BCUT2D eigenvalue weighted by atomic mass is 10.1. The van der Waals surface area contributed by atoms with Crippen molar-refractivity contribution < 1.29 is 9.53 Å². The van der Waals surface area contributed by atoms with E-state index in [1.54, 1.807) is 17.5 Å². The standard InChI is InChI=1S/C19H20N4O2S/c24-19(16-6-3-11-25-16)21-9-10-23-18(17-7-4-12-26-17)14(13-22-23)15-5-1-2-8-20-15/h1-2,4-5,7-8,12-13,16H,3,6,9-11H2,(H,21,24)/t16-/m1/s1. The van der Waals surface area contributed by atoms with Crippen molar-refractivity contribution in [2.24, 2.45) is 0 Å². The monoisotopic (exact) mass is 368 g/mol. The highest BCUT2D eigenvalue weighted by atomic mass is 32.1. The zero-order valence-corrected chi connectivity index (χ0v) is 15.1. The average molecular weight is 368 g/mol. The van der Waals surface area contributed by atoms with Crippen LogP contribution >= 0.6 is 11.3 Å². The van der Waals surface area contributed by atoms with Gasteiger partial charge in [0.1, 0.15) is 6.10 Å². The summed E-state index contributed by atoms with van der Waals surface area (Å²) in [7, 11) is 0. The average Bonchev–Trinajstić information content (AvgIpc) is 3.42. The third-order valence-electron chi connectivity index (χ3n) is 4.38. The number of pyridine rings is 1. The van der Waals surface area contributed by atoms with E-state index >= 15 is 0 Å². The van der Waals surface area contributed by atoms with Crippen LogP contribution in [0.4, 0.5) is 0 Å². The Hall–Kier alpha value is -2.51. The fourth-order valence-corrected chi connectivity index (χ4v) is 3.91. The van der Waals surface area contributed by atoms with Gasteiger partial charge in [-0.05, 0) is 36.4 Å². The molecule has 4 rings (SSSR count). The first kappa shape index (κ1) is 16.9. The van der Waals surface area contributed by atoms with E-state index in [4.69, 9.17) is 4.74 Å². The van der Waals surface area contributed by atoms with Gasteiger partial charge >= 0.3 is 0 Å². The van der Waals surface area contributed by atoms with Gasteiger partial charge in [-0.2, -0.15) is 5.10 Å². The van der Waals surface area contributed by atoms with Crippen LogP contribution in [0.2, 0.25) is 0 Å². The summed E-state index contributed by atoms with van der Waals surface area (Å²) in [5.74, 6) is -0.0303. The maximum Gasteiger partial charge on any atom is 0.249 e. The predicted octanol–water partition coefficient (Wildman–Crippen LogP) is 2.97. The summed E-state index contributed by atoms with van der Waals surface area (Å²) in [4.78, 5) is 17.7. The first-order chi connectivity index (χ1) is 12.8. The summed E-state index contributed by atoms with van der Waals surface area (Å²) in [6.45, 7) is 1.78. The fourth-order valence-electron chi connectivity index (χ4n) is 3.12. The Bertz CT molecular complexity index is 855. The van der Waals surface area contributed by atoms with Gasteiger partial charge in [-0.15, -0.1) is 11.3 Å². The largest absolute Gasteiger partial charge is 0.368 e. The number of aromatic nitrogens is 3. The Morgan fingerprint density at radius 1 is 1.35 bits per heavy atom. The quantitative estimate of drug-likeness (QED) is 0.726. The lowest BCUT2D eigenvalue weighted by molar-refractivity contribution is -0.130. The Morgan fingerprint density at radius 3 is 3.04 bits per heavy atom. The second-order valence-electron chi connectivity index (χ2n) is 6.11. The van der Waals surface area contributed by atoms with Gasteiger partial charge in [-0.25, -0.2) is 0 Å². The Kier molecular flexibility index (Phi) is 5.08.